The zero-order valence-corrected chi connectivity index (χ0v) is 13.7. The van der Waals surface area contributed by atoms with Crippen LogP contribution >= 0.6 is 0 Å². The molecule has 2 N–H and O–H groups in total. The van der Waals surface area contributed by atoms with Crippen LogP contribution in [-0.4, -0.2) is 30.3 Å². The normalized spacial score (nSPS) is 12.1. The monoisotopic (exact) mass is 343 g/mol. The number of furan rings is 1. The summed E-state index contributed by atoms with van der Waals surface area (Å²) in [4.78, 5) is 12.1. The van der Waals surface area contributed by atoms with Gasteiger partial charge in [-0.3, -0.25) is 4.79 Å². The molecule has 6 heteroatoms. The van der Waals surface area contributed by atoms with E-state index in [0.29, 0.717) is 11.3 Å². The third kappa shape index (κ3) is 4.36. The lowest BCUT2D eigenvalue weighted by Crippen LogP contribution is -2.35. The highest BCUT2D eigenvalue weighted by Gasteiger charge is 2.14. The van der Waals surface area contributed by atoms with Crippen LogP contribution in [0.5, 0.6) is 5.75 Å². The number of halogens is 1. The van der Waals surface area contributed by atoms with Gasteiger partial charge in [0, 0.05) is 11.9 Å². The molecule has 1 heterocycles. The SMILES string of the molecule is Cc1ccc2oc(C(=O)NCC(O)COc3ccc(F)cc3)cc2c1. The molecule has 0 bridgehead atoms. The van der Waals surface area contributed by atoms with Gasteiger partial charge in [-0.05, 0) is 49.4 Å². The number of carbonyl (C=O) groups excluding carboxylic acids is 1. The van der Waals surface area contributed by atoms with Gasteiger partial charge in [-0.1, -0.05) is 11.6 Å². The number of nitrogens with one attached hydrogen (secondary N) is 1. The van der Waals surface area contributed by atoms with Crippen molar-refractivity contribution in [3.63, 3.8) is 0 Å². The maximum absolute atomic E-state index is 12.8. The number of hydrogen-bond donors (Lipinski definition) is 2. The van der Waals surface area contributed by atoms with Crippen LogP contribution in [0.2, 0.25) is 0 Å². The van der Waals surface area contributed by atoms with Gasteiger partial charge in [-0.15, -0.1) is 0 Å². The van der Waals surface area contributed by atoms with E-state index in [1.165, 1.54) is 24.3 Å². The molecule has 0 spiro atoms. The molecule has 0 radical (unpaired) electrons. The third-order valence-electron chi connectivity index (χ3n) is 3.65. The van der Waals surface area contributed by atoms with Crippen LogP contribution in [0.15, 0.2) is 52.9 Å². The Bertz CT molecular complexity index is 873. The number of fused-ring (bicyclic) bond motifs is 1. The van der Waals surface area contributed by atoms with Gasteiger partial charge in [-0.2, -0.15) is 0 Å². The summed E-state index contributed by atoms with van der Waals surface area (Å²) in [6, 6.07) is 12.8. The second-order valence-corrected chi connectivity index (χ2v) is 5.78. The Balaban J connectivity index is 1.51. The highest BCUT2D eigenvalue weighted by molar-refractivity contribution is 5.96. The molecule has 1 aromatic heterocycles. The van der Waals surface area contributed by atoms with E-state index in [4.69, 9.17) is 9.15 Å². The molecule has 0 saturated carbocycles. The van der Waals surface area contributed by atoms with Crippen LogP contribution in [0.1, 0.15) is 16.1 Å². The van der Waals surface area contributed by atoms with E-state index in [1.54, 1.807) is 6.07 Å². The Morgan fingerprint density at radius 2 is 2.00 bits per heavy atom. The molecule has 0 saturated heterocycles. The van der Waals surface area contributed by atoms with Crippen molar-refractivity contribution in [2.24, 2.45) is 0 Å². The van der Waals surface area contributed by atoms with E-state index in [-0.39, 0.29) is 24.7 Å². The van der Waals surface area contributed by atoms with Gasteiger partial charge >= 0.3 is 0 Å². The summed E-state index contributed by atoms with van der Waals surface area (Å²) in [6.07, 6.45) is -0.902. The van der Waals surface area contributed by atoms with Crippen molar-refractivity contribution < 1.29 is 23.4 Å². The summed E-state index contributed by atoms with van der Waals surface area (Å²) in [5, 5.41) is 13.3. The number of rotatable bonds is 6. The maximum atomic E-state index is 12.8. The van der Waals surface area contributed by atoms with Crippen LogP contribution in [0.25, 0.3) is 11.0 Å². The van der Waals surface area contributed by atoms with Crippen LogP contribution in [-0.2, 0) is 0 Å². The summed E-state index contributed by atoms with van der Waals surface area (Å²) in [5.74, 6) is -0.137. The van der Waals surface area contributed by atoms with E-state index in [0.717, 1.165) is 10.9 Å². The lowest BCUT2D eigenvalue weighted by molar-refractivity contribution is 0.0823. The molecule has 0 aliphatic rings. The van der Waals surface area contributed by atoms with Crippen LogP contribution < -0.4 is 10.1 Å². The summed E-state index contributed by atoms with van der Waals surface area (Å²) in [7, 11) is 0. The second-order valence-electron chi connectivity index (χ2n) is 5.78. The van der Waals surface area contributed by atoms with Crippen molar-refractivity contribution in [1.82, 2.24) is 5.32 Å². The Labute approximate surface area is 144 Å². The minimum absolute atomic E-state index is 0.0100. The van der Waals surface area contributed by atoms with Gasteiger partial charge in [-0.25, -0.2) is 4.39 Å². The van der Waals surface area contributed by atoms with Crippen molar-refractivity contribution in [2.75, 3.05) is 13.2 Å². The highest BCUT2D eigenvalue weighted by atomic mass is 19.1. The molecule has 1 atom stereocenters. The predicted octanol–water partition coefficient (Wildman–Crippen LogP) is 3.05. The average molecular weight is 343 g/mol. The van der Waals surface area contributed by atoms with Crippen molar-refractivity contribution in [3.8, 4) is 5.75 Å². The smallest absolute Gasteiger partial charge is 0.287 e. The molecule has 3 aromatic rings. The number of aliphatic hydroxyl groups excluding tert-OH is 1. The lowest BCUT2D eigenvalue weighted by Gasteiger charge is -2.12. The fourth-order valence-corrected chi connectivity index (χ4v) is 2.35. The first-order valence-electron chi connectivity index (χ1n) is 7.86. The molecular formula is C19H18FNO4. The topological polar surface area (TPSA) is 71.7 Å². The summed E-state index contributed by atoms with van der Waals surface area (Å²) in [6.45, 7) is 1.95. The van der Waals surface area contributed by atoms with Crippen molar-refractivity contribution >= 4 is 16.9 Å². The number of benzene rings is 2. The molecule has 0 aliphatic carbocycles. The summed E-state index contributed by atoms with van der Waals surface area (Å²) >= 11 is 0. The lowest BCUT2D eigenvalue weighted by atomic mass is 10.2. The molecule has 0 aliphatic heterocycles. The number of carbonyl (C=O) groups is 1. The van der Waals surface area contributed by atoms with Crippen LogP contribution in [0, 0.1) is 12.7 Å². The number of aliphatic hydroxyl groups is 1. The molecule has 25 heavy (non-hydrogen) atoms. The van der Waals surface area contributed by atoms with E-state index in [9.17, 15) is 14.3 Å². The molecule has 5 nitrogen and oxygen atoms in total. The zero-order valence-electron chi connectivity index (χ0n) is 13.7. The first kappa shape index (κ1) is 17.0. The summed E-state index contributed by atoms with van der Waals surface area (Å²) in [5.41, 5.74) is 1.71. The van der Waals surface area contributed by atoms with Gasteiger partial charge in [0.15, 0.2) is 5.76 Å². The van der Waals surface area contributed by atoms with E-state index < -0.39 is 12.0 Å². The van der Waals surface area contributed by atoms with Crippen LogP contribution in [0.4, 0.5) is 4.39 Å². The van der Waals surface area contributed by atoms with Gasteiger partial charge < -0.3 is 19.6 Å². The average Bonchev–Trinajstić information content (AvgIpc) is 3.02. The van der Waals surface area contributed by atoms with E-state index >= 15 is 0 Å². The molecule has 1 amide bonds. The fraction of sp³-hybridized carbons (Fsp3) is 0.211. The first-order chi connectivity index (χ1) is 12.0. The molecule has 130 valence electrons. The maximum Gasteiger partial charge on any atom is 0.287 e. The highest BCUT2D eigenvalue weighted by Crippen LogP contribution is 2.20. The van der Waals surface area contributed by atoms with Crippen molar-refractivity contribution in [3.05, 3.63) is 65.7 Å². The van der Waals surface area contributed by atoms with E-state index in [2.05, 4.69) is 5.32 Å². The van der Waals surface area contributed by atoms with Gasteiger partial charge in [0.1, 0.15) is 29.9 Å². The predicted molar refractivity (Wildman–Crippen MR) is 91.2 cm³/mol. The Hall–Kier alpha value is -2.86. The Kier molecular flexibility index (Phi) is 5.00. The largest absolute Gasteiger partial charge is 0.491 e. The molecule has 1 unspecified atom stereocenters. The second kappa shape index (κ2) is 7.36. The number of aryl methyl sites for hydroxylation is 1. The van der Waals surface area contributed by atoms with Crippen molar-refractivity contribution in [1.29, 1.82) is 0 Å². The molecular weight excluding hydrogens is 325 g/mol. The van der Waals surface area contributed by atoms with E-state index in [1.807, 2.05) is 25.1 Å². The quantitative estimate of drug-likeness (QED) is 0.722. The molecule has 3 rings (SSSR count). The molecule has 2 aromatic carbocycles. The third-order valence-corrected chi connectivity index (χ3v) is 3.65. The van der Waals surface area contributed by atoms with Crippen molar-refractivity contribution in [2.45, 2.75) is 13.0 Å². The molecule has 0 fully saturated rings. The van der Waals surface area contributed by atoms with Gasteiger partial charge in [0.05, 0.1) is 0 Å². The van der Waals surface area contributed by atoms with Crippen LogP contribution in [0.3, 0.4) is 0 Å². The number of ether oxygens (including phenoxy) is 1. The van der Waals surface area contributed by atoms with Gasteiger partial charge in [0.2, 0.25) is 0 Å². The van der Waals surface area contributed by atoms with Gasteiger partial charge in [0.25, 0.3) is 5.91 Å². The Morgan fingerprint density at radius 3 is 2.76 bits per heavy atom. The summed E-state index contributed by atoms with van der Waals surface area (Å²) < 4.78 is 23.6. The Morgan fingerprint density at radius 1 is 1.24 bits per heavy atom. The minimum atomic E-state index is -0.902. The zero-order chi connectivity index (χ0) is 17.8. The minimum Gasteiger partial charge on any atom is -0.491 e. The number of amides is 1. The first-order valence-corrected chi connectivity index (χ1v) is 7.86. The fourth-order valence-electron chi connectivity index (χ4n) is 2.35. The standard InChI is InChI=1S/C19H18FNO4/c1-12-2-7-17-13(8-12)9-18(25-17)19(23)21-10-15(22)11-24-16-5-3-14(20)4-6-16/h2-9,15,22H,10-11H2,1H3,(H,21,23). The number of hydrogen-bond acceptors (Lipinski definition) is 4.